The highest BCUT2D eigenvalue weighted by Gasteiger charge is 2.20. The number of non-ortho nitro benzene ring substituents is 1. The summed E-state index contributed by atoms with van der Waals surface area (Å²) in [4.78, 5) is 22.8. The highest BCUT2D eigenvalue weighted by atomic mass is 16.6. The number of amides is 1. The molecule has 1 atom stereocenters. The number of carbonyl (C=O) groups excluding carboxylic acids is 1. The fraction of sp³-hybridized carbons (Fsp3) is 0.316. The minimum absolute atomic E-state index is 0.116. The van der Waals surface area contributed by atoms with E-state index in [2.05, 4.69) is 19.2 Å². The Morgan fingerprint density at radius 2 is 1.81 bits per heavy atom. The van der Waals surface area contributed by atoms with Crippen molar-refractivity contribution in [2.24, 2.45) is 0 Å². The van der Waals surface area contributed by atoms with E-state index in [4.69, 9.17) is 9.47 Å². The van der Waals surface area contributed by atoms with Crippen LogP contribution in [0.25, 0.3) is 0 Å². The van der Waals surface area contributed by atoms with Crippen LogP contribution in [0.15, 0.2) is 42.5 Å². The molecule has 1 unspecified atom stereocenters. The SMILES string of the molecule is COc1cc([N+](=O)[O-])ccc1NC(=O)C(C)Oc1ccccc1C(C)C. The second-order valence-corrected chi connectivity index (χ2v) is 6.08. The van der Waals surface area contributed by atoms with Crippen molar-refractivity contribution in [3.63, 3.8) is 0 Å². The molecule has 7 heteroatoms. The van der Waals surface area contributed by atoms with Gasteiger partial charge in [0.05, 0.1) is 23.8 Å². The molecule has 2 aromatic rings. The molecule has 0 fully saturated rings. The van der Waals surface area contributed by atoms with Gasteiger partial charge < -0.3 is 14.8 Å². The highest BCUT2D eigenvalue weighted by molar-refractivity contribution is 5.95. The molecule has 0 aliphatic carbocycles. The second kappa shape index (κ2) is 8.33. The predicted molar refractivity (Wildman–Crippen MR) is 98.9 cm³/mol. The van der Waals surface area contributed by atoms with Crippen molar-refractivity contribution in [3.8, 4) is 11.5 Å². The Morgan fingerprint density at radius 3 is 2.42 bits per heavy atom. The number of methoxy groups -OCH3 is 1. The maximum Gasteiger partial charge on any atom is 0.273 e. The first-order chi connectivity index (χ1) is 12.3. The number of hydrogen-bond acceptors (Lipinski definition) is 5. The fourth-order valence-electron chi connectivity index (χ4n) is 2.44. The van der Waals surface area contributed by atoms with E-state index < -0.39 is 11.0 Å². The van der Waals surface area contributed by atoms with Crippen LogP contribution in [0.2, 0.25) is 0 Å². The number of benzene rings is 2. The maximum absolute atomic E-state index is 12.5. The number of ether oxygens (including phenoxy) is 2. The quantitative estimate of drug-likeness (QED) is 0.593. The Balaban J connectivity index is 2.14. The van der Waals surface area contributed by atoms with E-state index in [1.807, 2.05) is 24.3 Å². The number of anilines is 1. The summed E-state index contributed by atoms with van der Waals surface area (Å²) in [6.07, 6.45) is -0.755. The van der Waals surface area contributed by atoms with Crippen molar-refractivity contribution in [2.75, 3.05) is 12.4 Å². The third-order valence-electron chi connectivity index (χ3n) is 3.87. The highest BCUT2D eigenvalue weighted by Crippen LogP contribution is 2.30. The smallest absolute Gasteiger partial charge is 0.273 e. The number of nitrogens with one attached hydrogen (secondary N) is 1. The molecule has 26 heavy (non-hydrogen) atoms. The molecule has 0 aliphatic rings. The van der Waals surface area contributed by atoms with Crippen LogP contribution in [-0.4, -0.2) is 24.0 Å². The molecule has 0 aliphatic heterocycles. The molecule has 0 radical (unpaired) electrons. The Bertz CT molecular complexity index is 804. The summed E-state index contributed by atoms with van der Waals surface area (Å²) in [5.41, 5.74) is 1.24. The van der Waals surface area contributed by atoms with Gasteiger partial charge in [-0.3, -0.25) is 14.9 Å². The predicted octanol–water partition coefficient (Wildman–Crippen LogP) is 4.13. The van der Waals surface area contributed by atoms with Gasteiger partial charge in [-0.1, -0.05) is 32.0 Å². The van der Waals surface area contributed by atoms with E-state index >= 15 is 0 Å². The second-order valence-electron chi connectivity index (χ2n) is 6.08. The van der Waals surface area contributed by atoms with Gasteiger partial charge in [0, 0.05) is 6.07 Å². The van der Waals surface area contributed by atoms with Gasteiger partial charge in [-0.05, 0) is 30.5 Å². The number of nitro groups is 1. The van der Waals surface area contributed by atoms with Crippen LogP contribution in [0.1, 0.15) is 32.3 Å². The van der Waals surface area contributed by atoms with E-state index in [0.717, 1.165) is 5.56 Å². The molecular formula is C19H22N2O5. The molecule has 1 N–H and O–H groups in total. The third-order valence-corrected chi connectivity index (χ3v) is 3.87. The molecule has 0 heterocycles. The first kappa shape index (κ1) is 19.2. The standard InChI is InChI=1S/C19H22N2O5/c1-12(2)15-7-5-6-8-17(15)26-13(3)19(22)20-16-10-9-14(21(23)24)11-18(16)25-4/h5-13H,1-4H3,(H,20,22). The molecule has 0 saturated carbocycles. The Hall–Kier alpha value is -3.09. The summed E-state index contributed by atoms with van der Waals surface area (Å²) in [6.45, 7) is 5.74. The van der Waals surface area contributed by atoms with Crippen LogP contribution in [0.5, 0.6) is 11.5 Å². The Kier molecular flexibility index (Phi) is 6.16. The van der Waals surface area contributed by atoms with E-state index in [1.54, 1.807) is 6.92 Å². The van der Waals surface area contributed by atoms with Crippen LogP contribution in [0, 0.1) is 10.1 Å². The lowest BCUT2D eigenvalue weighted by atomic mass is 10.0. The number of nitrogens with zero attached hydrogens (tertiary/aromatic N) is 1. The first-order valence-corrected chi connectivity index (χ1v) is 8.22. The molecule has 0 saturated heterocycles. The largest absolute Gasteiger partial charge is 0.494 e. The van der Waals surface area contributed by atoms with Crippen LogP contribution in [0.3, 0.4) is 0 Å². The summed E-state index contributed by atoms with van der Waals surface area (Å²) in [7, 11) is 1.38. The van der Waals surface area contributed by atoms with E-state index in [-0.39, 0.29) is 23.3 Å². The number of rotatable bonds is 7. The van der Waals surface area contributed by atoms with Gasteiger partial charge >= 0.3 is 0 Å². The van der Waals surface area contributed by atoms with Gasteiger partial charge in [-0.25, -0.2) is 0 Å². The zero-order valence-electron chi connectivity index (χ0n) is 15.2. The van der Waals surface area contributed by atoms with Crippen molar-refractivity contribution in [2.45, 2.75) is 32.8 Å². The maximum atomic E-state index is 12.5. The molecule has 7 nitrogen and oxygen atoms in total. The van der Waals surface area contributed by atoms with Gasteiger partial charge in [0.25, 0.3) is 11.6 Å². The summed E-state index contributed by atoms with van der Waals surface area (Å²) in [6, 6.07) is 11.6. The van der Waals surface area contributed by atoms with Crippen LogP contribution >= 0.6 is 0 Å². The minimum Gasteiger partial charge on any atom is -0.494 e. The van der Waals surface area contributed by atoms with Crippen molar-refractivity contribution in [1.82, 2.24) is 0 Å². The lowest BCUT2D eigenvalue weighted by Gasteiger charge is -2.19. The van der Waals surface area contributed by atoms with Gasteiger partial charge in [-0.2, -0.15) is 0 Å². The number of carbonyl (C=O) groups is 1. The number of hydrogen-bond donors (Lipinski definition) is 1. The van der Waals surface area contributed by atoms with E-state index in [9.17, 15) is 14.9 Å². The Morgan fingerprint density at radius 1 is 1.12 bits per heavy atom. The summed E-state index contributed by atoms with van der Waals surface area (Å²) in [5.74, 6) is 0.745. The van der Waals surface area contributed by atoms with Crippen molar-refractivity contribution < 1.29 is 19.2 Å². The van der Waals surface area contributed by atoms with Crippen LogP contribution < -0.4 is 14.8 Å². The van der Waals surface area contributed by atoms with E-state index in [1.165, 1.54) is 25.3 Å². The monoisotopic (exact) mass is 358 g/mol. The average Bonchev–Trinajstić information content (AvgIpc) is 2.61. The van der Waals surface area contributed by atoms with Crippen molar-refractivity contribution >= 4 is 17.3 Å². The van der Waals surface area contributed by atoms with Gasteiger partial charge in [0.15, 0.2) is 6.10 Å². The number of para-hydroxylation sites is 1. The van der Waals surface area contributed by atoms with Gasteiger partial charge in [0.2, 0.25) is 0 Å². The molecule has 138 valence electrons. The van der Waals surface area contributed by atoms with Crippen molar-refractivity contribution in [3.05, 3.63) is 58.1 Å². The van der Waals surface area contributed by atoms with Crippen LogP contribution in [-0.2, 0) is 4.79 Å². The zero-order chi connectivity index (χ0) is 19.3. The lowest BCUT2D eigenvalue weighted by molar-refractivity contribution is -0.384. The number of nitro benzene ring substituents is 1. The van der Waals surface area contributed by atoms with Crippen molar-refractivity contribution in [1.29, 1.82) is 0 Å². The molecule has 0 aromatic heterocycles. The summed E-state index contributed by atoms with van der Waals surface area (Å²) in [5, 5.41) is 13.5. The molecule has 2 aromatic carbocycles. The topological polar surface area (TPSA) is 90.7 Å². The molecular weight excluding hydrogens is 336 g/mol. The Labute approximate surface area is 152 Å². The van der Waals surface area contributed by atoms with Gasteiger partial charge in [-0.15, -0.1) is 0 Å². The summed E-state index contributed by atoms with van der Waals surface area (Å²) < 4.78 is 10.9. The molecule has 0 bridgehead atoms. The molecule has 0 spiro atoms. The zero-order valence-corrected chi connectivity index (χ0v) is 15.2. The minimum atomic E-state index is -0.755. The van der Waals surface area contributed by atoms with E-state index in [0.29, 0.717) is 11.4 Å². The fourth-order valence-corrected chi connectivity index (χ4v) is 2.44. The lowest BCUT2D eigenvalue weighted by Crippen LogP contribution is -2.30. The molecule has 1 amide bonds. The normalized spacial score (nSPS) is 11.7. The third kappa shape index (κ3) is 4.50. The first-order valence-electron chi connectivity index (χ1n) is 8.22. The summed E-state index contributed by atoms with van der Waals surface area (Å²) >= 11 is 0. The van der Waals surface area contributed by atoms with Crippen LogP contribution in [0.4, 0.5) is 11.4 Å². The molecule has 2 rings (SSSR count). The van der Waals surface area contributed by atoms with Gasteiger partial charge in [0.1, 0.15) is 11.5 Å². The average molecular weight is 358 g/mol.